The first-order valence-electron chi connectivity index (χ1n) is 6.47. The summed E-state index contributed by atoms with van der Waals surface area (Å²) in [4.78, 5) is -0.123. The Hall–Kier alpha value is -2.08. The Labute approximate surface area is 133 Å². The van der Waals surface area contributed by atoms with Crippen LogP contribution in [0, 0.1) is 0 Å². The SMILES string of the molecule is O=S(=O)(O)c1cccc2cccc(Nc3ccc(Cl)cc3)c12. The quantitative estimate of drug-likeness (QED) is 0.693. The first-order chi connectivity index (χ1) is 10.4. The third kappa shape index (κ3) is 2.92. The molecular formula is C16H12ClNO3S. The van der Waals surface area contributed by atoms with Gasteiger partial charge in [0.15, 0.2) is 0 Å². The van der Waals surface area contributed by atoms with Gasteiger partial charge >= 0.3 is 0 Å². The van der Waals surface area contributed by atoms with E-state index in [0.717, 1.165) is 5.69 Å². The van der Waals surface area contributed by atoms with E-state index in [4.69, 9.17) is 11.6 Å². The van der Waals surface area contributed by atoms with E-state index < -0.39 is 10.1 Å². The molecule has 3 aromatic rings. The molecular weight excluding hydrogens is 322 g/mol. The molecule has 0 saturated carbocycles. The zero-order valence-electron chi connectivity index (χ0n) is 11.3. The highest BCUT2D eigenvalue weighted by atomic mass is 35.5. The van der Waals surface area contributed by atoms with Crippen molar-refractivity contribution in [2.75, 3.05) is 5.32 Å². The summed E-state index contributed by atoms with van der Waals surface area (Å²) < 4.78 is 32.7. The highest BCUT2D eigenvalue weighted by molar-refractivity contribution is 7.86. The lowest BCUT2D eigenvalue weighted by atomic mass is 10.1. The van der Waals surface area contributed by atoms with Crippen LogP contribution in [0.1, 0.15) is 0 Å². The number of anilines is 2. The van der Waals surface area contributed by atoms with Crippen LogP contribution in [0.3, 0.4) is 0 Å². The summed E-state index contributed by atoms with van der Waals surface area (Å²) in [5, 5.41) is 4.93. The van der Waals surface area contributed by atoms with Crippen molar-refractivity contribution in [3.8, 4) is 0 Å². The van der Waals surface area contributed by atoms with Crippen LogP contribution in [0.15, 0.2) is 65.6 Å². The summed E-state index contributed by atoms with van der Waals surface area (Å²) in [5.41, 5.74) is 1.36. The fraction of sp³-hybridized carbons (Fsp3) is 0. The Balaban J connectivity index is 2.19. The van der Waals surface area contributed by atoms with Gasteiger partial charge in [-0.1, -0.05) is 35.9 Å². The van der Waals surface area contributed by atoms with Crippen LogP contribution in [-0.4, -0.2) is 13.0 Å². The van der Waals surface area contributed by atoms with E-state index >= 15 is 0 Å². The second kappa shape index (κ2) is 5.61. The van der Waals surface area contributed by atoms with Crippen LogP contribution in [-0.2, 0) is 10.1 Å². The number of halogens is 1. The lowest BCUT2D eigenvalue weighted by molar-refractivity contribution is 0.484. The van der Waals surface area contributed by atoms with Gasteiger partial charge in [-0.15, -0.1) is 0 Å². The Morgan fingerprint density at radius 1 is 0.909 bits per heavy atom. The maximum Gasteiger partial charge on any atom is 0.295 e. The monoisotopic (exact) mass is 333 g/mol. The van der Waals surface area contributed by atoms with Gasteiger partial charge < -0.3 is 5.32 Å². The van der Waals surface area contributed by atoms with E-state index in [-0.39, 0.29) is 4.90 Å². The molecule has 0 amide bonds. The molecule has 3 aromatic carbocycles. The summed E-state index contributed by atoms with van der Waals surface area (Å²) >= 11 is 5.85. The van der Waals surface area contributed by atoms with E-state index in [1.807, 2.05) is 6.07 Å². The van der Waals surface area contributed by atoms with Gasteiger partial charge in [0, 0.05) is 21.8 Å². The Kier molecular flexibility index (Phi) is 3.78. The summed E-state index contributed by atoms with van der Waals surface area (Å²) in [5.74, 6) is 0. The van der Waals surface area contributed by atoms with Gasteiger partial charge in [0.1, 0.15) is 4.90 Å². The molecule has 22 heavy (non-hydrogen) atoms. The van der Waals surface area contributed by atoms with Crippen molar-refractivity contribution >= 4 is 43.9 Å². The fourth-order valence-corrected chi connectivity index (χ4v) is 3.18. The van der Waals surface area contributed by atoms with Crippen molar-refractivity contribution in [3.63, 3.8) is 0 Å². The lowest BCUT2D eigenvalue weighted by Gasteiger charge is -2.12. The van der Waals surface area contributed by atoms with Crippen molar-refractivity contribution in [1.29, 1.82) is 0 Å². The normalized spacial score (nSPS) is 11.5. The van der Waals surface area contributed by atoms with Gasteiger partial charge in [0.2, 0.25) is 0 Å². The van der Waals surface area contributed by atoms with Crippen molar-refractivity contribution < 1.29 is 13.0 Å². The number of fused-ring (bicyclic) bond motifs is 1. The maximum absolute atomic E-state index is 11.6. The molecule has 0 unspecified atom stereocenters. The molecule has 0 atom stereocenters. The topological polar surface area (TPSA) is 66.4 Å². The molecule has 2 N–H and O–H groups in total. The molecule has 0 saturated heterocycles. The van der Waals surface area contributed by atoms with Crippen LogP contribution in [0.4, 0.5) is 11.4 Å². The van der Waals surface area contributed by atoms with Crippen molar-refractivity contribution in [3.05, 3.63) is 65.7 Å². The summed E-state index contributed by atoms with van der Waals surface area (Å²) in [7, 11) is -4.31. The van der Waals surface area contributed by atoms with Gasteiger partial charge in [0.05, 0.1) is 0 Å². The molecule has 6 heteroatoms. The molecule has 4 nitrogen and oxygen atoms in total. The van der Waals surface area contributed by atoms with Crippen molar-refractivity contribution in [2.45, 2.75) is 4.90 Å². The molecule has 0 fully saturated rings. The van der Waals surface area contributed by atoms with E-state index in [2.05, 4.69) is 5.32 Å². The molecule has 0 bridgehead atoms. The predicted molar refractivity (Wildman–Crippen MR) is 88.5 cm³/mol. The second-order valence-corrected chi connectivity index (χ2v) is 6.59. The van der Waals surface area contributed by atoms with Crippen molar-refractivity contribution in [2.24, 2.45) is 0 Å². The smallest absolute Gasteiger partial charge is 0.295 e. The predicted octanol–water partition coefficient (Wildman–Crippen LogP) is 4.48. The minimum atomic E-state index is -4.31. The molecule has 0 aromatic heterocycles. The number of hydrogen-bond donors (Lipinski definition) is 2. The number of benzene rings is 3. The summed E-state index contributed by atoms with van der Waals surface area (Å²) in [6.45, 7) is 0. The number of nitrogens with one attached hydrogen (secondary N) is 1. The third-order valence-corrected chi connectivity index (χ3v) is 4.42. The lowest BCUT2D eigenvalue weighted by Crippen LogP contribution is -2.01. The van der Waals surface area contributed by atoms with Gasteiger partial charge in [-0.05, 0) is 41.8 Å². The van der Waals surface area contributed by atoms with Crippen LogP contribution in [0.25, 0.3) is 10.8 Å². The first kappa shape index (κ1) is 14.8. The van der Waals surface area contributed by atoms with Crippen LogP contribution in [0.2, 0.25) is 5.02 Å². The number of rotatable bonds is 3. The molecule has 0 heterocycles. The van der Waals surface area contributed by atoms with Crippen LogP contribution in [0.5, 0.6) is 0 Å². The largest absolute Gasteiger partial charge is 0.355 e. The highest BCUT2D eigenvalue weighted by Gasteiger charge is 2.16. The first-order valence-corrected chi connectivity index (χ1v) is 8.29. The molecule has 0 aliphatic carbocycles. The zero-order valence-corrected chi connectivity index (χ0v) is 12.9. The zero-order chi connectivity index (χ0) is 15.7. The summed E-state index contributed by atoms with van der Waals surface area (Å²) in [6.07, 6.45) is 0. The minimum Gasteiger partial charge on any atom is -0.355 e. The minimum absolute atomic E-state index is 0.123. The maximum atomic E-state index is 11.6. The van der Waals surface area contributed by atoms with E-state index in [9.17, 15) is 13.0 Å². The Bertz CT molecular complexity index is 932. The Morgan fingerprint density at radius 2 is 1.55 bits per heavy atom. The average Bonchev–Trinajstić information content (AvgIpc) is 2.48. The molecule has 0 radical (unpaired) electrons. The molecule has 0 aliphatic heterocycles. The molecule has 0 spiro atoms. The second-order valence-electron chi connectivity index (χ2n) is 4.77. The van der Waals surface area contributed by atoms with E-state index in [1.165, 1.54) is 6.07 Å². The summed E-state index contributed by atoms with van der Waals surface area (Å²) in [6, 6.07) is 17.2. The molecule has 112 valence electrons. The third-order valence-electron chi connectivity index (χ3n) is 3.27. The van der Waals surface area contributed by atoms with Gasteiger partial charge in [-0.3, -0.25) is 4.55 Å². The van der Waals surface area contributed by atoms with E-state index in [1.54, 1.807) is 48.5 Å². The van der Waals surface area contributed by atoms with Crippen LogP contribution >= 0.6 is 11.6 Å². The molecule has 3 rings (SSSR count). The van der Waals surface area contributed by atoms with Crippen LogP contribution < -0.4 is 5.32 Å². The van der Waals surface area contributed by atoms with Gasteiger partial charge in [-0.2, -0.15) is 8.42 Å². The number of hydrogen-bond acceptors (Lipinski definition) is 3. The molecule has 0 aliphatic rings. The highest BCUT2D eigenvalue weighted by Crippen LogP contribution is 2.32. The van der Waals surface area contributed by atoms with Gasteiger partial charge in [-0.25, -0.2) is 0 Å². The van der Waals surface area contributed by atoms with E-state index in [0.29, 0.717) is 21.5 Å². The fourth-order valence-electron chi connectivity index (χ4n) is 2.31. The Morgan fingerprint density at radius 3 is 2.18 bits per heavy atom. The van der Waals surface area contributed by atoms with Crippen molar-refractivity contribution in [1.82, 2.24) is 0 Å². The standard InChI is InChI=1S/C16H12ClNO3S/c17-12-7-9-13(10-8-12)18-14-5-1-3-11-4-2-6-15(16(11)14)22(19,20)21/h1-10,18H,(H,19,20,21). The van der Waals surface area contributed by atoms with Gasteiger partial charge in [0.25, 0.3) is 10.1 Å². The average molecular weight is 334 g/mol.